The molecule has 1 aromatic carbocycles. The summed E-state index contributed by atoms with van der Waals surface area (Å²) in [6.07, 6.45) is 5.93. The van der Waals surface area contributed by atoms with Crippen LogP contribution >= 0.6 is 0 Å². The summed E-state index contributed by atoms with van der Waals surface area (Å²) in [6.45, 7) is 0.436. The van der Waals surface area contributed by atoms with Crippen LogP contribution in [0.2, 0.25) is 0 Å². The normalized spacial score (nSPS) is 13.0. The van der Waals surface area contributed by atoms with E-state index in [0.717, 1.165) is 30.6 Å². The van der Waals surface area contributed by atoms with E-state index in [-0.39, 0.29) is 34.3 Å². The highest BCUT2D eigenvalue weighted by molar-refractivity contribution is 6.00. The molecule has 11 nitrogen and oxygen atoms in total. The maximum Gasteiger partial charge on any atom is 0.279 e. The summed E-state index contributed by atoms with van der Waals surface area (Å²) in [4.78, 5) is 37.2. The van der Waals surface area contributed by atoms with Crippen LogP contribution in [0.3, 0.4) is 0 Å². The first-order chi connectivity index (χ1) is 20.4. The van der Waals surface area contributed by atoms with E-state index in [0.29, 0.717) is 18.2 Å². The van der Waals surface area contributed by atoms with Crippen LogP contribution < -0.4 is 25.8 Å². The predicted molar refractivity (Wildman–Crippen MR) is 156 cm³/mol. The van der Waals surface area contributed by atoms with Gasteiger partial charge in [-0.2, -0.15) is 8.91 Å². The number of methoxy groups -OCH3 is 1. The third kappa shape index (κ3) is 5.26. The van der Waals surface area contributed by atoms with Gasteiger partial charge in [-0.3, -0.25) is 14.2 Å². The fraction of sp³-hybridized carbons (Fsp3) is 0.233. The summed E-state index contributed by atoms with van der Waals surface area (Å²) in [7, 11) is 3.43. The number of ether oxygens (including phenoxy) is 1. The predicted octanol–water partition coefficient (Wildman–Crippen LogP) is 4.09. The molecule has 6 rings (SSSR count). The number of rotatable bonds is 9. The first-order valence-electron chi connectivity index (χ1n) is 13.6. The molecule has 0 bridgehead atoms. The molecule has 0 aliphatic heterocycles. The number of amides is 1. The van der Waals surface area contributed by atoms with Crippen molar-refractivity contribution in [1.82, 2.24) is 29.5 Å². The number of hydrogen-bond acceptors (Lipinski definition) is 8. The summed E-state index contributed by atoms with van der Waals surface area (Å²) in [5, 5.41) is 10.0. The minimum atomic E-state index is -0.923. The molecule has 0 saturated heterocycles. The van der Waals surface area contributed by atoms with Crippen molar-refractivity contribution in [2.24, 2.45) is 0 Å². The van der Waals surface area contributed by atoms with Crippen LogP contribution in [0.4, 0.5) is 21.7 Å². The van der Waals surface area contributed by atoms with Crippen LogP contribution in [-0.4, -0.2) is 50.3 Å². The molecule has 0 spiro atoms. The van der Waals surface area contributed by atoms with Crippen molar-refractivity contribution in [3.63, 3.8) is 0 Å². The van der Waals surface area contributed by atoms with E-state index < -0.39 is 11.9 Å². The number of anilines is 3. The van der Waals surface area contributed by atoms with Gasteiger partial charge in [-0.05, 0) is 61.2 Å². The zero-order valence-electron chi connectivity index (χ0n) is 23.1. The second-order valence-electron chi connectivity index (χ2n) is 10.1. The van der Waals surface area contributed by atoms with Crippen LogP contribution in [0.1, 0.15) is 35.2 Å². The van der Waals surface area contributed by atoms with Crippen molar-refractivity contribution >= 4 is 28.9 Å². The van der Waals surface area contributed by atoms with Gasteiger partial charge in [0.15, 0.2) is 5.65 Å². The lowest BCUT2D eigenvalue weighted by atomic mass is 9.93. The number of carbonyl (C=O) groups excluding carboxylic acids is 1. The van der Waals surface area contributed by atoms with E-state index in [1.807, 2.05) is 36.2 Å². The van der Waals surface area contributed by atoms with Crippen molar-refractivity contribution in [1.29, 1.82) is 0 Å². The van der Waals surface area contributed by atoms with Crippen LogP contribution in [0.25, 0.3) is 11.5 Å². The molecular formula is C30H29FN8O3. The van der Waals surface area contributed by atoms with Crippen LogP contribution in [0, 0.1) is 5.95 Å². The summed E-state index contributed by atoms with van der Waals surface area (Å²) < 4.78 is 23.3. The van der Waals surface area contributed by atoms with Crippen LogP contribution in [0.15, 0.2) is 77.9 Å². The lowest BCUT2D eigenvalue weighted by Gasteiger charge is -2.26. The van der Waals surface area contributed by atoms with Gasteiger partial charge in [0.1, 0.15) is 34.5 Å². The smallest absolute Gasteiger partial charge is 0.279 e. The number of benzene rings is 1. The zero-order chi connectivity index (χ0) is 29.2. The molecule has 0 unspecified atom stereocenters. The second kappa shape index (κ2) is 11.3. The molecule has 12 heteroatoms. The van der Waals surface area contributed by atoms with Crippen molar-refractivity contribution in [2.75, 3.05) is 24.4 Å². The molecule has 2 N–H and O–H groups in total. The van der Waals surface area contributed by atoms with Crippen molar-refractivity contribution in [3.05, 3.63) is 100 Å². The Hall–Kier alpha value is -5.26. The topological polar surface area (TPSA) is 119 Å². The van der Waals surface area contributed by atoms with E-state index in [1.54, 1.807) is 55.9 Å². The Morgan fingerprint density at radius 2 is 1.95 bits per heavy atom. The van der Waals surface area contributed by atoms with Gasteiger partial charge in [-0.15, -0.1) is 5.10 Å². The number of hydrogen-bond donors (Lipinski definition) is 2. The lowest BCUT2D eigenvalue weighted by molar-refractivity contribution is 0.0914. The lowest BCUT2D eigenvalue weighted by Crippen LogP contribution is -2.39. The average molecular weight is 569 g/mol. The Morgan fingerprint density at radius 1 is 1.14 bits per heavy atom. The van der Waals surface area contributed by atoms with Gasteiger partial charge in [0.05, 0.1) is 7.11 Å². The van der Waals surface area contributed by atoms with Gasteiger partial charge in [-0.1, -0.05) is 18.2 Å². The summed E-state index contributed by atoms with van der Waals surface area (Å²) in [5.74, 6) is 0.399. The number of nitrogens with zero attached hydrogens (tertiary/aromatic N) is 6. The van der Waals surface area contributed by atoms with E-state index >= 15 is 4.39 Å². The number of fused-ring (bicyclic) bond motifs is 1. The fourth-order valence-electron chi connectivity index (χ4n) is 4.81. The molecule has 1 aliphatic carbocycles. The number of pyridine rings is 2. The number of aromatic nitrogens is 5. The number of nitrogens with one attached hydrogen (secondary N) is 2. The second-order valence-corrected chi connectivity index (χ2v) is 10.1. The van der Waals surface area contributed by atoms with Crippen LogP contribution in [-0.2, 0) is 6.54 Å². The first-order valence-corrected chi connectivity index (χ1v) is 13.6. The highest BCUT2D eigenvalue weighted by atomic mass is 19.1. The third-order valence-corrected chi connectivity index (χ3v) is 7.27. The summed E-state index contributed by atoms with van der Waals surface area (Å²) in [5.41, 5.74) is 0.628. The van der Waals surface area contributed by atoms with Crippen molar-refractivity contribution in [3.8, 4) is 11.6 Å². The largest absolute Gasteiger partial charge is 0.497 e. The number of halogens is 1. The van der Waals surface area contributed by atoms with Gasteiger partial charge >= 0.3 is 0 Å². The first kappa shape index (κ1) is 26.9. The molecule has 1 amide bonds. The Kier molecular flexibility index (Phi) is 7.26. The molecule has 214 valence electrons. The zero-order valence-corrected chi connectivity index (χ0v) is 23.1. The van der Waals surface area contributed by atoms with Crippen LogP contribution in [0.5, 0.6) is 5.75 Å². The van der Waals surface area contributed by atoms with E-state index in [1.165, 1.54) is 9.08 Å². The molecule has 4 aromatic heterocycles. The van der Waals surface area contributed by atoms with Gasteiger partial charge in [0.2, 0.25) is 5.95 Å². The number of carbonyl (C=O) groups is 1. The molecule has 0 radical (unpaired) electrons. The minimum Gasteiger partial charge on any atom is -0.497 e. The fourth-order valence-corrected chi connectivity index (χ4v) is 4.81. The molecule has 42 heavy (non-hydrogen) atoms. The molecule has 1 saturated carbocycles. The Labute approximate surface area is 240 Å². The standard InChI is InChI=1S/C30H29FN8O3/c1-37(18-19-11-13-21(42-2)14-12-19)25-17-23(34-22-9-6-16-38(30(22)41)24-10-3-4-15-32-24)35-28-26(27(31)36-39(25)28)29(40)33-20-7-5-8-20/h3-4,6,9-17,20H,5,7-8,18H2,1-2H3,(H,33,40)(H,34,35). The molecule has 5 aromatic rings. The summed E-state index contributed by atoms with van der Waals surface area (Å²) >= 11 is 0. The minimum absolute atomic E-state index is 0.000226. The maximum atomic E-state index is 15.3. The monoisotopic (exact) mass is 568 g/mol. The Bertz CT molecular complexity index is 1800. The van der Waals surface area contributed by atoms with E-state index in [2.05, 4.69) is 25.7 Å². The maximum absolute atomic E-state index is 15.3. The highest BCUT2D eigenvalue weighted by Gasteiger charge is 2.28. The van der Waals surface area contributed by atoms with E-state index in [9.17, 15) is 9.59 Å². The third-order valence-electron chi connectivity index (χ3n) is 7.27. The van der Waals surface area contributed by atoms with Gasteiger partial charge in [-0.25, -0.2) is 9.97 Å². The molecule has 0 atom stereocenters. The molecule has 4 heterocycles. The van der Waals surface area contributed by atoms with Gasteiger partial charge in [0.25, 0.3) is 11.5 Å². The van der Waals surface area contributed by atoms with Gasteiger partial charge in [0, 0.05) is 38.1 Å². The molecular weight excluding hydrogens is 539 g/mol. The van der Waals surface area contributed by atoms with Crippen molar-refractivity contribution < 1.29 is 13.9 Å². The SMILES string of the molecule is COc1ccc(CN(C)c2cc(Nc3cccn(-c4ccccn4)c3=O)nc3c(C(=O)NC4CCC4)c(F)nn23)cc1. The molecule has 1 fully saturated rings. The van der Waals surface area contributed by atoms with E-state index in [4.69, 9.17) is 4.74 Å². The average Bonchev–Trinajstić information content (AvgIpc) is 3.32. The highest BCUT2D eigenvalue weighted by Crippen LogP contribution is 2.27. The summed E-state index contributed by atoms with van der Waals surface area (Å²) in [6, 6.07) is 17.9. The Morgan fingerprint density at radius 3 is 2.64 bits per heavy atom. The Balaban J connectivity index is 1.42. The quantitative estimate of drug-likeness (QED) is 0.273. The molecule has 1 aliphatic rings. The van der Waals surface area contributed by atoms with Gasteiger partial charge < -0.3 is 20.3 Å². The van der Waals surface area contributed by atoms with Crippen molar-refractivity contribution in [2.45, 2.75) is 31.8 Å².